The topological polar surface area (TPSA) is 38.0 Å². The molecule has 0 spiro atoms. The average Bonchev–Trinajstić information content (AvgIpc) is 2.79. The SMILES string of the molecule is CCc1nn(Cc2ccc(F)c(Cl)c2)c(CC)c1CO. The molecular formula is C15H18ClFN2O. The largest absolute Gasteiger partial charge is 0.392 e. The lowest BCUT2D eigenvalue weighted by Crippen LogP contribution is -2.07. The molecule has 0 saturated heterocycles. The van der Waals surface area contributed by atoms with Crippen LogP contribution in [0.2, 0.25) is 5.02 Å². The van der Waals surface area contributed by atoms with Crippen molar-refractivity contribution in [2.24, 2.45) is 0 Å². The molecule has 3 nitrogen and oxygen atoms in total. The van der Waals surface area contributed by atoms with Crippen molar-refractivity contribution in [3.05, 3.63) is 51.6 Å². The number of aliphatic hydroxyl groups is 1. The minimum absolute atomic E-state index is 0.00345. The predicted molar refractivity (Wildman–Crippen MR) is 77.4 cm³/mol. The van der Waals surface area contributed by atoms with Gasteiger partial charge in [-0.05, 0) is 30.5 Å². The van der Waals surface area contributed by atoms with Crippen LogP contribution >= 0.6 is 11.6 Å². The molecule has 0 fully saturated rings. The number of halogens is 2. The molecule has 2 aromatic rings. The van der Waals surface area contributed by atoms with Gasteiger partial charge in [-0.1, -0.05) is 31.5 Å². The summed E-state index contributed by atoms with van der Waals surface area (Å²) in [7, 11) is 0. The molecule has 1 N–H and O–H groups in total. The van der Waals surface area contributed by atoms with E-state index in [2.05, 4.69) is 5.10 Å². The van der Waals surface area contributed by atoms with E-state index in [1.165, 1.54) is 6.07 Å². The van der Waals surface area contributed by atoms with Gasteiger partial charge in [0, 0.05) is 11.3 Å². The Labute approximate surface area is 123 Å². The summed E-state index contributed by atoms with van der Waals surface area (Å²) in [5.74, 6) is -0.420. The van der Waals surface area contributed by atoms with Crippen LogP contribution in [0, 0.1) is 5.82 Å². The lowest BCUT2D eigenvalue weighted by Gasteiger charge is -2.08. The van der Waals surface area contributed by atoms with Crippen molar-refractivity contribution in [1.29, 1.82) is 0 Å². The molecule has 0 bridgehead atoms. The molecule has 2 rings (SSSR count). The number of rotatable bonds is 5. The molecule has 20 heavy (non-hydrogen) atoms. The van der Waals surface area contributed by atoms with E-state index in [0.717, 1.165) is 35.4 Å². The van der Waals surface area contributed by atoms with E-state index < -0.39 is 5.82 Å². The van der Waals surface area contributed by atoms with E-state index in [0.29, 0.717) is 6.54 Å². The van der Waals surface area contributed by atoms with Crippen molar-refractivity contribution in [3.8, 4) is 0 Å². The maximum absolute atomic E-state index is 13.2. The third-order valence-electron chi connectivity index (χ3n) is 3.39. The molecule has 0 atom stereocenters. The zero-order valence-corrected chi connectivity index (χ0v) is 12.4. The Morgan fingerprint density at radius 1 is 1.30 bits per heavy atom. The fraction of sp³-hybridized carbons (Fsp3) is 0.400. The van der Waals surface area contributed by atoms with Crippen molar-refractivity contribution in [3.63, 3.8) is 0 Å². The van der Waals surface area contributed by atoms with Gasteiger partial charge in [0.15, 0.2) is 0 Å². The highest BCUT2D eigenvalue weighted by molar-refractivity contribution is 6.30. The number of benzene rings is 1. The molecule has 0 aliphatic carbocycles. The van der Waals surface area contributed by atoms with E-state index in [4.69, 9.17) is 11.6 Å². The molecule has 108 valence electrons. The summed E-state index contributed by atoms with van der Waals surface area (Å²) < 4.78 is 15.0. The number of aromatic nitrogens is 2. The van der Waals surface area contributed by atoms with Crippen LogP contribution in [0.15, 0.2) is 18.2 Å². The molecule has 0 aliphatic rings. The highest BCUT2D eigenvalue weighted by Crippen LogP contribution is 2.20. The summed E-state index contributed by atoms with van der Waals surface area (Å²) in [6, 6.07) is 4.68. The molecule has 0 aliphatic heterocycles. The van der Waals surface area contributed by atoms with Crippen molar-refractivity contribution < 1.29 is 9.50 Å². The first kappa shape index (κ1) is 15.0. The lowest BCUT2D eigenvalue weighted by molar-refractivity contribution is 0.279. The summed E-state index contributed by atoms with van der Waals surface area (Å²) in [6.45, 7) is 4.57. The second kappa shape index (κ2) is 6.37. The second-order valence-electron chi connectivity index (χ2n) is 4.64. The molecule has 0 saturated carbocycles. The number of aryl methyl sites for hydroxylation is 1. The Bertz CT molecular complexity index is 610. The van der Waals surface area contributed by atoms with Crippen molar-refractivity contribution in [2.45, 2.75) is 39.8 Å². The summed E-state index contributed by atoms with van der Waals surface area (Å²) >= 11 is 5.80. The standard InChI is InChI=1S/C15H18ClFN2O/c1-3-14-11(9-20)15(4-2)19(18-14)8-10-5-6-13(17)12(16)7-10/h5-7,20H,3-4,8-9H2,1-2H3. The first-order valence-electron chi connectivity index (χ1n) is 6.72. The quantitative estimate of drug-likeness (QED) is 0.919. The van der Waals surface area contributed by atoms with Crippen LogP contribution in [-0.2, 0) is 26.0 Å². The lowest BCUT2D eigenvalue weighted by atomic mass is 10.1. The number of aliphatic hydroxyl groups excluding tert-OH is 1. The van der Waals surface area contributed by atoms with E-state index in [1.807, 2.05) is 18.5 Å². The van der Waals surface area contributed by atoms with Crippen molar-refractivity contribution in [1.82, 2.24) is 9.78 Å². The van der Waals surface area contributed by atoms with Crippen molar-refractivity contribution in [2.75, 3.05) is 0 Å². The van der Waals surface area contributed by atoms with Crippen LogP contribution in [0.3, 0.4) is 0 Å². The van der Waals surface area contributed by atoms with Crippen molar-refractivity contribution >= 4 is 11.6 Å². The zero-order chi connectivity index (χ0) is 14.7. The molecule has 1 aromatic heterocycles. The van der Waals surface area contributed by atoms with Gasteiger partial charge >= 0.3 is 0 Å². The van der Waals surface area contributed by atoms with Gasteiger partial charge in [-0.3, -0.25) is 4.68 Å². The summed E-state index contributed by atoms with van der Waals surface area (Å²) in [6.07, 6.45) is 1.57. The van der Waals surface area contributed by atoms with E-state index in [-0.39, 0.29) is 11.6 Å². The Morgan fingerprint density at radius 3 is 2.60 bits per heavy atom. The Morgan fingerprint density at radius 2 is 2.05 bits per heavy atom. The van der Waals surface area contributed by atoms with Crippen LogP contribution in [-0.4, -0.2) is 14.9 Å². The van der Waals surface area contributed by atoms with Crippen LogP contribution in [0.25, 0.3) is 0 Å². The van der Waals surface area contributed by atoms with Crippen LogP contribution in [0.1, 0.15) is 36.4 Å². The first-order chi connectivity index (χ1) is 9.60. The normalized spacial score (nSPS) is 11.1. The number of nitrogens with zero attached hydrogens (tertiary/aromatic N) is 2. The minimum Gasteiger partial charge on any atom is -0.392 e. The first-order valence-corrected chi connectivity index (χ1v) is 7.10. The highest BCUT2D eigenvalue weighted by atomic mass is 35.5. The van der Waals surface area contributed by atoms with Gasteiger partial charge in [0.05, 0.1) is 23.9 Å². The summed E-state index contributed by atoms with van der Waals surface area (Å²) in [5.41, 5.74) is 3.73. The summed E-state index contributed by atoms with van der Waals surface area (Å²) in [4.78, 5) is 0. The average molecular weight is 297 g/mol. The Hall–Kier alpha value is -1.39. The zero-order valence-electron chi connectivity index (χ0n) is 11.7. The van der Waals surface area contributed by atoms with Crippen LogP contribution < -0.4 is 0 Å². The fourth-order valence-electron chi connectivity index (χ4n) is 2.39. The Balaban J connectivity index is 2.37. The molecular weight excluding hydrogens is 279 g/mol. The summed E-state index contributed by atoms with van der Waals surface area (Å²) in [5, 5.41) is 14.2. The van der Waals surface area contributed by atoms with Crippen LogP contribution in [0.4, 0.5) is 4.39 Å². The molecule has 1 heterocycles. The van der Waals surface area contributed by atoms with Gasteiger partial charge in [0.1, 0.15) is 5.82 Å². The molecule has 1 aromatic carbocycles. The van der Waals surface area contributed by atoms with Gasteiger partial charge in [0.25, 0.3) is 0 Å². The second-order valence-corrected chi connectivity index (χ2v) is 5.05. The predicted octanol–water partition coefficient (Wildman–Crippen LogP) is 3.34. The van der Waals surface area contributed by atoms with Crippen LogP contribution in [0.5, 0.6) is 0 Å². The van der Waals surface area contributed by atoms with E-state index >= 15 is 0 Å². The van der Waals surface area contributed by atoms with Gasteiger partial charge in [-0.25, -0.2) is 4.39 Å². The van der Waals surface area contributed by atoms with E-state index in [9.17, 15) is 9.50 Å². The van der Waals surface area contributed by atoms with Gasteiger partial charge in [0.2, 0.25) is 0 Å². The third kappa shape index (κ3) is 2.86. The highest BCUT2D eigenvalue weighted by Gasteiger charge is 2.15. The molecule has 0 amide bonds. The Kier molecular flexibility index (Phi) is 4.78. The molecule has 0 radical (unpaired) electrons. The van der Waals surface area contributed by atoms with Gasteiger partial charge < -0.3 is 5.11 Å². The molecule has 5 heteroatoms. The molecule has 0 unspecified atom stereocenters. The smallest absolute Gasteiger partial charge is 0.141 e. The minimum atomic E-state index is -0.420. The number of hydrogen-bond donors (Lipinski definition) is 1. The van der Waals surface area contributed by atoms with Gasteiger partial charge in [-0.2, -0.15) is 5.10 Å². The monoisotopic (exact) mass is 296 g/mol. The van der Waals surface area contributed by atoms with E-state index in [1.54, 1.807) is 12.1 Å². The number of hydrogen-bond acceptors (Lipinski definition) is 2. The third-order valence-corrected chi connectivity index (χ3v) is 3.68. The fourth-order valence-corrected chi connectivity index (χ4v) is 2.60. The maximum Gasteiger partial charge on any atom is 0.141 e. The van der Waals surface area contributed by atoms with Gasteiger partial charge in [-0.15, -0.1) is 0 Å². The maximum atomic E-state index is 13.2.